The number of anilines is 1. The Morgan fingerprint density at radius 2 is 1.90 bits per heavy atom. The minimum Gasteiger partial charge on any atom is -0.370 e. The maximum atomic E-state index is 6.54. The molecule has 2 unspecified atom stereocenters. The quantitative estimate of drug-likeness (QED) is 0.668. The monoisotopic (exact) mass is 310 g/mol. The van der Waals surface area contributed by atoms with Crippen molar-refractivity contribution in [3.63, 3.8) is 0 Å². The molecule has 0 aliphatic rings. The Morgan fingerprint density at radius 3 is 2.43 bits per heavy atom. The van der Waals surface area contributed by atoms with Gasteiger partial charge in [-0.05, 0) is 50.4 Å². The topological polar surface area (TPSA) is 15.3 Å². The average molecular weight is 311 g/mol. The number of nitrogens with zero attached hydrogens (tertiary/aromatic N) is 1. The molecule has 0 radical (unpaired) electrons. The third-order valence-corrected chi connectivity index (χ3v) is 4.43. The van der Waals surface area contributed by atoms with Gasteiger partial charge in [0.25, 0.3) is 0 Å². The van der Waals surface area contributed by atoms with Crippen molar-refractivity contribution >= 4 is 17.3 Å². The van der Waals surface area contributed by atoms with E-state index >= 15 is 0 Å². The van der Waals surface area contributed by atoms with E-state index in [2.05, 4.69) is 63.0 Å². The van der Waals surface area contributed by atoms with Gasteiger partial charge in [0.1, 0.15) is 0 Å². The molecule has 3 heteroatoms. The SMILES string of the molecule is CCCNC(C)c1ccc(N(CC)CC(C)CC)c(Cl)c1. The molecule has 1 aromatic rings. The van der Waals surface area contributed by atoms with Crippen LogP contribution in [0.3, 0.4) is 0 Å². The molecule has 0 aromatic heterocycles. The number of nitrogens with one attached hydrogen (secondary N) is 1. The maximum Gasteiger partial charge on any atom is 0.0642 e. The fraction of sp³-hybridized carbons (Fsp3) is 0.667. The standard InChI is InChI=1S/C18H31ClN2/c1-6-11-20-15(5)16-9-10-18(17(19)12-16)21(8-3)13-14(4)7-2/h9-10,12,14-15,20H,6-8,11,13H2,1-5H3. The van der Waals surface area contributed by atoms with Gasteiger partial charge in [-0.2, -0.15) is 0 Å². The zero-order chi connectivity index (χ0) is 15.8. The minimum atomic E-state index is 0.348. The largest absolute Gasteiger partial charge is 0.370 e. The van der Waals surface area contributed by atoms with E-state index in [1.165, 1.54) is 12.0 Å². The Labute approximate surface area is 135 Å². The number of hydrogen-bond donors (Lipinski definition) is 1. The maximum absolute atomic E-state index is 6.54. The van der Waals surface area contributed by atoms with Gasteiger partial charge in [-0.25, -0.2) is 0 Å². The highest BCUT2D eigenvalue weighted by atomic mass is 35.5. The highest BCUT2D eigenvalue weighted by Crippen LogP contribution is 2.29. The summed E-state index contributed by atoms with van der Waals surface area (Å²) < 4.78 is 0. The molecule has 0 heterocycles. The van der Waals surface area contributed by atoms with Crippen molar-refractivity contribution in [3.8, 4) is 0 Å². The second kappa shape index (κ2) is 9.32. The average Bonchev–Trinajstić information content (AvgIpc) is 2.50. The van der Waals surface area contributed by atoms with E-state index in [1.54, 1.807) is 0 Å². The van der Waals surface area contributed by atoms with Crippen LogP contribution >= 0.6 is 11.6 Å². The summed E-state index contributed by atoms with van der Waals surface area (Å²) in [5.74, 6) is 0.686. The van der Waals surface area contributed by atoms with Crippen LogP contribution in [-0.2, 0) is 0 Å². The van der Waals surface area contributed by atoms with Crippen LogP contribution in [0, 0.1) is 5.92 Å². The first-order valence-corrected chi connectivity index (χ1v) is 8.68. The zero-order valence-corrected chi connectivity index (χ0v) is 15.0. The van der Waals surface area contributed by atoms with Gasteiger partial charge in [0.2, 0.25) is 0 Å². The van der Waals surface area contributed by atoms with Crippen molar-refractivity contribution in [2.45, 2.75) is 53.5 Å². The highest BCUT2D eigenvalue weighted by molar-refractivity contribution is 6.33. The Bertz CT molecular complexity index is 420. The first-order chi connectivity index (χ1) is 10.0. The van der Waals surface area contributed by atoms with Crippen molar-refractivity contribution in [1.82, 2.24) is 5.32 Å². The number of hydrogen-bond acceptors (Lipinski definition) is 2. The predicted molar refractivity (Wildman–Crippen MR) is 95.5 cm³/mol. The molecule has 120 valence electrons. The fourth-order valence-electron chi connectivity index (χ4n) is 2.43. The van der Waals surface area contributed by atoms with Gasteiger partial charge in [-0.15, -0.1) is 0 Å². The molecule has 0 spiro atoms. The molecular formula is C18H31ClN2. The van der Waals surface area contributed by atoms with Crippen molar-refractivity contribution in [1.29, 1.82) is 0 Å². The highest BCUT2D eigenvalue weighted by Gasteiger charge is 2.13. The van der Waals surface area contributed by atoms with E-state index in [4.69, 9.17) is 11.6 Å². The van der Waals surface area contributed by atoms with E-state index in [-0.39, 0.29) is 0 Å². The molecule has 1 aromatic carbocycles. The van der Waals surface area contributed by atoms with Crippen LogP contribution in [0.4, 0.5) is 5.69 Å². The summed E-state index contributed by atoms with van der Waals surface area (Å²) in [7, 11) is 0. The lowest BCUT2D eigenvalue weighted by Gasteiger charge is -2.27. The lowest BCUT2D eigenvalue weighted by molar-refractivity contribution is 0.547. The molecule has 1 rings (SSSR count). The number of benzene rings is 1. The molecule has 0 bridgehead atoms. The molecule has 2 nitrogen and oxygen atoms in total. The van der Waals surface area contributed by atoms with E-state index < -0.39 is 0 Å². The van der Waals surface area contributed by atoms with Gasteiger partial charge in [-0.3, -0.25) is 0 Å². The van der Waals surface area contributed by atoms with Gasteiger partial charge in [0.15, 0.2) is 0 Å². The van der Waals surface area contributed by atoms with Gasteiger partial charge >= 0.3 is 0 Å². The summed E-state index contributed by atoms with van der Waals surface area (Å²) >= 11 is 6.54. The summed E-state index contributed by atoms with van der Waals surface area (Å²) in [6, 6.07) is 6.84. The molecule has 0 saturated carbocycles. The number of rotatable bonds is 9. The van der Waals surface area contributed by atoms with E-state index in [9.17, 15) is 0 Å². The first-order valence-electron chi connectivity index (χ1n) is 8.31. The normalized spacial score (nSPS) is 14.0. The van der Waals surface area contributed by atoms with E-state index in [0.29, 0.717) is 12.0 Å². The van der Waals surface area contributed by atoms with Gasteiger partial charge in [0.05, 0.1) is 10.7 Å². The first kappa shape index (κ1) is 18.3. The Morgan fingerprint density at radius 1 is 1.19 bits per heavy atom. The van der Waals surface area contributed by atoms with Gasteiger partial charge < -0.3 is 10.2 Å². The van der Waals surface area contributed by atoms with Crippen LogP contribution < -0.4 is 10.2 Å². The van der Waals surface area contributed by atoms with Crippen molar-refractivity contribution in [3.05, 3.63) is 28.8 Å². The fourth-order valence-corrected chi connectivity index (χ4v) is 2.74. The summed E-state index contributed by atoms with van der Waals surface area (Å²) in [4.78, 5) is 2.38. The van der Waals surface area contributed by atoms with E-state index in [1.807, 2.05) is 0 Å². The second-order valence-electron chi connectivity index (χ2n) is 5.94. The molecule has 21 heavy (non-hydrogen) atoms. The van der Waals surface area contributed by atoms with Gasteiger partial charge in [0, 0.05) is 19.1 Å². The van der Waals surface area contributed by atoms with Crippen LogP contribution in [0.25, 0.3) is 0 Å². The minimum absolute atomic E-state index is 0.348. The summed E-state index contributed by atoms with van der Waals surface area (Å²) in [5, 5.41) is 4.37. The van der Waals surface area contributed by atoms with Crippen molar-refractivity contribution in [2.75, 3.05) is 24.5 Å². The number of halogens is 1. The van der Waals surface area contributed by atoms with Crippen LogP contribution in [0.1, 0.15) is 59.1 Å². The predicted octanol–water partition coefficient (Wildman–Crippen LogP) is 5.27. The Hall–Kier alpha value is -0.730. The molecule has 1 N–H and O–H groups in total. The van der Waals surface area contributed by atoms with Crippen molar-refractivity contribution in [2.24, 2.45) is 5.92 Å². The molecule has 0 fully saturated rings. The van der Waals surface area contributed by atoms with Crippen molar-refractivity contribution < 1.29 is 0 Å². The molecule has 2 atom stereocenters. The van der Waals surface area contributed by atoms with Crippen LogP contribution in [-0.4, -0.2) is 19.6 Å². The van der Waals surface area contributed by atoms with Crippen LogP contribution in [0.2, 0.25) is 5.02 Å². The molecule has 0 aliphatic carbocycles. The third kappa shape index (κ3) is 5.52. The Balaban J connectivity index is 2.85. The summed E-state index contributed by atoms with van der Waals surface area (Å²) in [6.07, 6.45) is 2.35. The van der Waals surface area contributed by atoms with E-state index in [0.717, 1.165) is 36.8 Å². The Kier molecular flexibility index (Phi) is 8.13. The van der Waals surface area contributed by atoms with Crippen LogP contribution in [0.5, 0.6) is 0 Å². The summed E-state index contributed by atoms with van der Waals surface area (Å²) in [5.41, 5.74) is 2.42. The molecule has 0 aliphatic heterocycles. The third-order valence-electron chi connectivity index (χ3n) is 4.12. The lowest BCUT2D eigenvalue weighted by Crippen LogP contribution is -2.28. The van der Waals surface area contributed by atoms with Gasteiger partial charge in [-0.1, -0.05) is 44.9 Å². The summed E-state index contributed by atoms with van der Waals surface area (Å²) in [6.45, 7) is 14.2. The second-order valence-corrected chi connectivity index (χ2v) is 6.35. The molecular weight excluding hydrogens is 280 g/mol. The molecule has 0 amide bonds. The lowest BCUT2D eigenvalue weighted by atomic mass is 10.1. The van der Waals surface area contributed by atoms with Crippen LogP contribution in [0.15, 0.2) is 18.2 Å². The zero-order valence-electron chi connectivity index (χ0n) is 14.2. The molecule has 0 saturated heterocycles. The smallest absolute Gasteiger partial charge is 0.0642 e.